The van der Waals surface area contributed by atoms with Crippen LogP contribution >= 0.6 is 0 Å². The molecule has 1 aliphatic carbocycles. The molecule has 0 N–H and O–H groups in total. The van der Waals surface area contributed by atoms with E-state index in [0.29, 0.717) is 26.1 Å². The minimum atomic E-state index is -0.495. The third-order valence-corrected chi connectivity index (χ3v) is 5.37. The number of rotatable bonds is 5. The molecule has 1 aromatic carbocycles. The van der Waals surface area contributed by atoms with E-state index in [1.807, 2.05) is 33.8 Å². The second-order valence-electron chi connectivity index (χ2n) is 8.91. The van der Waals surface area contributed by atoms with Gasteiger partial charge in [-0.2, -0.15) is 0 Å². The van der Waals surface area contributed by atoms with Gasteiger partial charge in [0.1, 0.15) is 17.5 Å². The quantitative estimate of drug-likeness (QED) is 0.680. The Hall–Kier alpha value is -2.24. The van der Waals surface area contributed by atoms with E-state index in [-0.39, 0.29) is 24.1 Å². The molecule has 2 atom stereocenters. The average molecular weight is 404 g/mol. The molecule has 160 valence electrons. The summed E-state index contributed by atoms with van der Waals surface area (Å²) >= 11 is 0. The van der Waals surface area contributed by atoms with Crippen LogP contribution < -0.4 is 4.74 Å². The Morgan fingerprint density at radius 3 is 2.72 bits per heavy atom. The van der Waals surface area contributed by atoms with Crippen LogP contribution in [0.15, 0.2) is 18.2 Å². The predicted molar refractivity (Wildman–Crippen MR) is 110 cm³/mol. The lowest BCUT2D eigenvalue weighted by Gasteiger charge is -2.34. The zero-order valence-electron chi connectivity index (χ0n) is 18.0. The molecule has 6 heteroatoms. The summed E-state index contributed by atoms with van der Waals surface area (Å²) in [6, 6.07) is 6.15. The summed E-state index contributed by atoms with van der Waals surface area (Å²) < 4.78 is 16.8. The summed E-state index contributed by atoms with van der Waals surface area (Å²) in [7, 11) is 0. The molecule has 1 aromatic rings. The first-order valence-corrected chi connectivity index (χ1v) is 10.7. The fraction of sp³-hybridized carbons (Fsp3) is 0.652. The fourth-order valence-corrected chi connectivity index (χ4v) is 4.11. The Morgan fingerprint density at radius 1 is 1.21 bits per heavy atom. The number of carbonyl (C=O) groups excluding carboxylic acids is 2. The molecule has 1 unspecified atom stereocenters. The standard InChI is InChI=1S/C23H33NO5/c1-5-27-21(25)14-17-9-8-16-13-18(10-11-20(16)17)28-19-7-6-12-24(15-19)22(26)29-23(2,3)4/h10-11,13,17,19H,5-9,12,14-15H2,1-4H3/t17-,19?/m0/s1. The lowest BCUT2D eigenvalue weighted by Crippen LogP contribution is -2.46. The van der Waals surface area contributed by atoms with Crippen molar-refractivity contribution in [3.63, 3.8) is 0 Å². The molecule has 3 rings (SSSR count). The van der Waals surface area contributed by atoms with Crippen molar-refractivity contribution in [1.82, 2.24) is 4.90 Å². The summed E-state index contributed by atoms with van der Waals surface area (Å²) in [4.78, 5) is 25.9. The van der Waals surface area contributed by atoms with Crippen LogP contribution in [-0.4, -0.2) is 48.4 Å². The maximum atomic E-state index is 12.3. The van der Waals surface area contributed by atoms with Crippen molar-refractivity contribution in [2.24, 2.45) is 0 Å². The number of hydrogen-bond acceptors (Lipinski definition) is 5. The Labute approximate surface area is 173 Å². The van der Waals surface area contributed by atoms with E-state index >= 15 is 0 Å². The van der Waals surface area contributed by atoms with Crippen molar-refractivity contribution in [3.05, 3.63) is 29.3 Å². The van der Waals surface area contributed by atoms with E-state index in [2.05, 4.69) is 12.1 Å². The first-order valence-electron chi connectivity index (χ1n) is 10.7. The number of ether oxygens (including phenoxy) is 3. The highest BCUT2D eigenvalue weighted by Gasteiger charge is 2.29. The molecule has 1 heterocycles. The van der Waals surface area contributed by atoms with E-state index in [1.165, 1.54) is 11.1 Å². The van der Waals surface area contributed by atoms with Crippen LogP contribution in [-0.2, 0) is 20.7 Å². The van der Waals surface area contributed by atoms with Gasteiger partial charge in [-0.05, 0) is 82.6 Å². The van der Waals surface area contributed by atoms with Crippen LogP contribution in [0.1, 0.15) is 70.4 Å². The number of carbonyl (C=O) groups is 2. The molecule has 1 amide bonds. The topological polar surface area (TPSA) is 65.1 Å². The predicted octanol–water partition coefficient (Wildman–Crippen LogP) is 4.45. The van der Waals surface area contributed by atoms with Crippen molar-refractivity contribution in [2.45, 2.75) is 77.4 Å². The molecule has 1 aliphatic heterocycles. The SMILES string of the molecule is CCOC(=O)C[C@@H]1CCc2cc(OC3CCCN(C(=O)OC(C)(C)C)C3)ccc21. The highest BCUT2D eigenvalue weighted by atomic mass is 16.6. The second kappa shape index (κ2) is 9.06. The third-order valence-electron chi connectivity index (χ3n) is 5.37. The zero-order chi connectivity index (χ0) is 21.0. The fourth-order valence-electron chi connectivity index (χ4n) is 4.11. The van der Waals surface area contributed by atoms with Crippen LogP contribution in [0.3, 0.4) is 0 Å². The molecule has 0 bridgehead atoms. The summed E-state index contributed by atoms with van der Waals surface area (Å²) in [6.07, 6.45) is 3.86. The second-order valence-corrected chi connectivity index (χ2v) is 8.91. The Balaban J connectivity index is 1.58. The minimum Gasteiger partial charge on any atom is -0.489 e. The Bertz CT molecular complexity index is 739. The molecule has 1 fully saturated rings. The number of fused-ring (bicyclic) bond motifs is 1. The van der Waals surface area contributed by atoms with Gasteiger partial charge in [-0.1, -0.05) is 6.07 Å². The highest BCUT2D eigenvalue weighted by Crippen LogP contribution is 2.38. The summed E-state index contributed by atoms with van der Waals surface area (Å²) in [6.45, 7) is 9.13. The van der Waals surface area contributed by atoms with Gasteiger partial charge >= 0.3 is 12.1 Å². The molecule has 0 saturated carbocycles. The van der Waals surface area contributed by atoms with Gasteiger partial charge < -0.3 is 19.1 Å². The highest BCUT2D eigenvalue weighted by molar-refractivity contribution is 5.71. The van der Waals surface area contributed by atoms with Crippen LogP contribution in [0.2, 0.25) is 0 Å². The molecule has 0 aromatic heterocycles. The smallest absolute Gasteiger partial charge is 0.410 e. The van der Waals surface area contributed by atoms with Crippen molar-refractivity contribution >= 4 is 12.1 Å². The largest absolute Gasteiger partial charge is 0.489 e. The lowest BCUT2D eigenvalue weighted by atomic mass is 9.98. The maximum Gasteiger partial charge on any atom is 0.410 e. The Morgan fingerprint density at radius 2 is 2.00 bits per heavy atom. The summed E-state index contributed by atoms with van der Waals surface area (Å²) in [5, 5.41) is 0. The van der Waals surface area contributed by atoms with Crippen molar-refractivity contribution in [1.29, 1.82) is 0 Å². The number of benzene rings is 1. The van der Waals surface area contributed by atoms with Gasteiger partial charge in [-0.3, -0.25) is 4.79 Å². The lowest BCUT2D eigenvalue weighted by molar-refractivity contribution is -0.143. The molecule has 29 heavy (non-hydrogen) atoms. The first-order chi connectivity index (χ1) is 13.7. The van der Waals surface area contributed by atoms with E-state index in [9.17, 15) is 9.59 Å². The van der Waals surface area contributed by atoms with Gasteiger partial charge in [0.15, 0.2) is 0 Å². The third kappa shape index (κ3) is 5.87. The molecular weight excluding hydrogens is 370 g/mol. The number of esters is 1. The summed E-state index contributed by atoms with van der Waals surface area (Å²) in [5.41, 5.74) is 1.98. The maximum absolute atomic E-state index is 12.3. The molecule has 0 spiro atoms. The number of likely N-dealkylation sites (tertiary alicyclic amines) is 1. The molecule has 1 saturated heterocycles. The number of hydrogen-bond donors (Lipinski definition) is 0. The van der Waals surface area contributed by atoms with Crippen LogP contribution in [0.25, 0.3) is 0 Å². The monoisotopic (exact) mass is 403 g/mol. The molecule has 2 aliphatic rings. The van der Waals surface area contributed by atoms with E-state index in [4.69, 9.17) is 14.2 Å². The number of aryl methyl sites for hydroxylation is 1. The van der Waals surface area contributed by atoms with E-state index < -0.39 is 5.60 Å². The average Bonchev–Trinajstić information content (AvgIpc) is 3.03. The molecule has 6 nitrogen and oxygen atoms in total. The van der Waals surface area contributed by atoms with Crippen molar-refractivity contribution in [2.75, 3.05) is 19.7 Å². The first kappa shape index (κ1) is 21.5. The van der Waals surface area contributed by atoms with Crippen molar-refractivity contribution in [3.8, 4) is 5.75 Å². The van der Waals surface area contributed by atoms with Crippen LogP contribution in [0.4, 0.5) is 4.79 Å². The number of amides is 1. The molecular formula is C23H33NO5. The van der Waals surface area contributed by atoms with Crippen LogP contribution in [0.5, 0.6) is 5.75 Å². The van der Waals surface area contributed by atoms with Gasteiger partial charge in [-0.15, -0.1) is 0 Å². The van der Waals surface area contributed by atoms with Gasteiger partial charge in [0.05, 0.1) is 19.6 Å². The van der Waals surface area contributed by atoms with E-state index in [0.717, 1.165) is 31.4 Å². The molecule has 0 radical (unpaired) electrons. The van der Waals surface area contributed by atoms with Crippen molar-refractivity contribution < 1.29 is 23.8 Å². The Kier molecular flexibility index (Phi) is 6.70. The minimum absolute atomic E-state index is 0.0361. The van der Waals surface area contributed by atoms with Gasteiger partial charge in [0.25, 0.3) is 0 Å². The van der Waals surface area contributed by atoms with Gasteiger partial charge in [0, 0.05) is 6.54 Å². The number of nitrogens with zero attached hydrogens (tertiary/aromatic N) is 1. The zero-order valence-corrected chi connectivity index (χ0v) is 18.0. The number of piperidine rings is 1. The normalized spacial score (nSPS) is 21.4. The van der Waals surface area contributed by atoms with Gasteiger partial charge in [0.2, 0.25) is 0 Å². The van der Waals surface area contributed by atoms with Gasteiger partial charge in [-0.25, -0.2) is 4.79 Å². The van der Waals surface area contributed by atoms with Crippen LogP contribution in [0, 0.1) is 0 Å². The van der Waals surface area contributed by atoms with E-state index in [1.54, 1.807) is 4.90 Å². The summed E-state index contributed by atoms with van der Waals surface area (Å²) in [5.74, 6) is 0.933.